The number of fused-ring (bicyclic) bond motifs is 1. The minimum absolute atomic E-state index is 0.116. The summed E-state index contributed by atoms with van der Waals surface area (Å²) in [4.78, 5) is 18.9. The summed E-state index contributed by atoms with van der Waals surface area (Å²) in [6.45, 7) is 0.641. The first-order valence-electron chi connectivity index (χ1n) is 6.91. The molecule has 3 rings (SSSR count). The van der Waals surface area contributed by atoms with Crippen molar-refractivity contribution in [2.45, 2.75) is 6.42 Å². The van der Waals surface area contributed by atoms with Crippen molar-refractivity contribution in [2.75, 3.05) is 11.9 Å². The van der Waals surface area contributed by atoms with Crippen LogP contribution in [0.3, 0.4) is 0 Å². The summed E-state index contributed by atoms with van der Waals surface area (Å²) in [6.07, 6.45) is 2.21. The molecule has 0 saturated heterocycles. The molecule has 1 N–H and O–H groups in total. The fourth-order valence-corrected chi connectivity index (χ4v) is 2.30. The number of non-ortho nitro benzene ring substituents is 1. The van der Waals surface area contributed by atoms with Crippen LogP contribution in [0.25, 0.3) is 10.9 Å². The minimum Gasteiger partial charge on any atom is -0.369 e. The zero-order chi connectivity index (χ0) is 15.4. The van der Waals surface area contributed by atoms with E-state index in [2.05, 4.69) is 15.3 Å². The van der Waals surface area contributed by atoms with Gasteiger partial charge in [-0.3, -0.25) is 10.1 Å². The summed E-state index contributed by atoms with van der Waals surface area (Å²) in [7, 11) is 0. The van der Waals surface area contributed by atoms with E-state index < -0.39 is 0 Å². The average Bonchev–Trinajstić information content (AvgIpc) is 2.55. The van der Waals surface area contributed by atoms with Crippen molar-refractivity contribution in [3.05, 3.63) is 70.5 Å². The lowest BCUT2D eigenvalue weighted by atomic mass is 10.1. The Labute approximate surface area is 127 Å². The molecule has 6 heteroatoms. The van der Waals surface area contributed by atoms with E-state index in [0.717, 1.165) is 22.3 Å². The molecule has 0 saturated carbocycles. The molecule has 0 aliphatic rings. The van der Waals surface area contributed by atoms with Gasteiger partial charge in [-0.2, -0.15) is 0 Å². The molecule has 0 spiro atoms. The minimum atomic E-state index is -0.380. The first-order valence-corrected chi connectivity index (χ1v) is 6.91. The number of nitrogens with zero attached hydrogens (tertiary/aromatic N) is 3. The molecule has 2 aromatic carbocycles. The van der Waals surface area contributed by atoms with Gasteiger partial charge in [0.25, 0.3) is 5.69 Å². The van der Waals surface area contributed by atoms with Crippen molar-refractivity contribution in [1.29, 1.82) is 0 Å². The van der Waals surface area contributed by atoms with E-state index in [9.17, 15) is 10.1 Å². The van der Waals surface area contributed by atoms with Crippen LogP contribution >= 0.6 is 0 Å². The fraction of sp³-hybridized carbons (Fsp3) is 0.125. The van der Waals surface area contributed by atoms with Gasteiger partial charge < -0.3 is 5.32 Å². The maximum Gasteiger partial charge on any atom is 0.269 e. The highest BCUT2D eigenvalue weighted by Crippen LogP contribution is 2.18. The zero-order valence-electron chi connectivity index (χ0n) is 11.8. The summed E-state index contributed by atoms with van der Waals surface area (Å²) in [5, 5.41) is 15.0. The third-order valence-electron chi connectivity index (χ3n) is 3.37. The van der Waals surface area contributed by atoms with Crippen molar-refractivity contribution < 1.29 is 4.92 Å². The van der Waals surface area contributed by atoms with Gasteiger partial charge in [0.05, 0.1) is 10.4 Å². The van der Waals surface area contributed by atoms with Gasteiger partial charge in [0, 0.05) is 24.1 Å². The molecule has 0 aliphatic carbocycles. The van der Waals surface area contributed by atoms with Crippen LogP contribution in [0.5, 0.6) is 0 Å². The molecule has 6 nitrogen and oxygen atoms in total. The Kier molecular flexibility index (Phi) is 3.91. The molecule has 0 fully saturated rings. The van der Waals surface area contributed by atoms with Crippen molar-refractivity contribution in [3.63, 3.8) is 0 Å². The summed E-state index contributed by atoms with van der Waals surface area (Å²) >= 11 is 0. The number of nitro benzene ring substituents is 1. The molecular weight excluding hydrogens is 280 g/mol. The van der Waals surface area contributed by atoms with Crippen LogP contribution in [-0.4, -0.2) is 21.4 Å². The van der Waals surface area contributed by atoms with E-state index in [1.165, 1.54) is 12.4 Å². The van der Waals surface area contributed by atoms with Crippen molar-refractivity contribution in [2.24, 2.45) is 0 Å². The molecular formula is C16H14N4O2. The Morgan fingerprint density at radius 3 is 2.82 bits per heavy atom. The van der Waals surface area contributed by atoms with Crippen molar-refractivity contribution >= 4 is 22.4 Å². The van der Waals surface area contributed by atoms with Gasteiger partial charge in [-0.1, -0.05) is 24.3 Å². The number of para-hydroxylation sites is 1. The Balaban J connectivity index is 1.70. The topological polar surface area (TPSA) is 81.0 Å². The van der Waals surface area contributed by atoms with Crippen molar-refractivity contribution in [1.82, 2.24) is 9.97 Å². The van der Waals surface area contributed by atoms with E-state index in [4.69, 9.17) is 0 Å². The van der Waals surface area contributed by atoms with Crippen LogP contribution in [-0.2, 0) is 6.42 Å². The number of aromatic nitrogens is 2. The number of hydrogen-bond donors (Lipinski definition) is 1. The lowest BCUT2D eigenvalue weighted by Gasteiger charge is -2.08. The Bertz CT molecular complexity index is 815. The molecule has 0 bridgehead atoms. The predicted octanol–water partition coefficient (Wildman–Crippen LogP) is 3.19. The molecule has 110 valence electrons. The van der Waals surface area contributed by atoms with Crippen LogP contribution in [0.2, 0.25) is 0 Å². The maximum atomic E-state index is 10.8. The molecule has 0 radical (unpaired) electrons. The Morgan fingerprint density at radius 1 is 1.09 bits per heavy atom. The normalized spacial score (nSPS) is 10.5. The van der Waals surface area contributed by atoms with Gasteiger partial charge in [0.2, 0.25) is 0 Å². The van der Waals surface area contributed by atoms with Crippen LogP contribution in [0, 0.1) is 10.1 Å². The summed E-state index contributed by atoms with van der Waals surface area (Å²) < 4.78 is 0. The van der Waals surface area contributed by atoms with Gasteiger partial charge in [-0.15, -0.1) is 0 Å². The first-order chi connectivity index (χ1) is 10.7. The third kappa shape index (κ3) is 3.01. The second kappa shape index (κ2) is 6.17. The van der Waals surface area contributed by atoms with Gasteiger partial charge >= 0.3 is 0 Å². The molecule has 1 heterocycles. The summed E-state index contributed by atoms with van der Waals surface area (Å²) in [5.74, 6) is 0.774. The van der Waals surface area contributed by atoms with Crippen molar-refractivity contribution in [3.8, 4) is 0 Å². The van der Waals surface area contributed by atoms with E-state index in [0.29, 0.717) is 13.0 Å². The second-order valence-corrected chi connectivity index (χ2v) is 4.84. The van der Waals surface area contributed by atoms with Gasteiger partial charge in [-0.05, 0) is 24.1 Å². The highest BCUT2D eigenvalue weighted by Gasteiger charge is 2.06. The molecule has 0 atom stereocenters. The standard InChI is InChI=1S/C16H14N4O2/c21-20(22)13-5-3-4-12(10-13)8-9-17-16-14-6-1-2-7-15(14)18-11-19-16/h1-7,10-11H,8-9H2,(H,17,18,19). The van der Waals surface area contributed by atoms with Crippen LogP contribution in [0.1, 0.15) is 5.56 Å². The number of nitro groups is 1. The lowest BCUT2D eigenvalue weighted by Crippen LogP contribution is -2.07. The quantitative estimate of drug-likeness (QED) is 0.577. The maximum absolute atomic E-state index is 10.8. The van der Waals surface area contributed by atoms with Crippen LogP contribution in [0.4, 0.5) is 11.5 Å². The second-order valence-electron chi connectivity index (χ2n) is 4.84. The molecule has 0 aliphatic heterocycles. The van der Waals surface area contributed by atoms with E-state index in [1.54, 1.807) is 12.1 Å². The molecule has 3 aromatic rings. The first kappa shape index (κ1) is 13.9. The molecule has 1 aromatic heterocycles. The van der Waals surface area contributed by atoms with Crippen LogP contribution < -0.4 is 5.32 Å². The highest BCUT2D eigenvalue weighted by molar-refractivity contribution is 5.88. The lowest BCUT2D eigenvalue weighted by molar-refractivity contribution is -0.384. The number of anilines is 1. The smallest absolute Gasteiger partial charge is 0.269 e. The largest absolute Gasteiger partial charge is 0.369 e. The molecule has 0 unspecified atom stereocenters. The average molecular weight is 294 g/mol. The van der Waals surface area contributed by atoms with Gasteiger partial charge in [0.15, 0.2) is 0 Å². The number of rotatable bonds is 5. The Morgan fingerprint density at radius 2 is 1.95 bits per heavy atom. The van der Waals surface area contributed by atoms with E-state index in [-0.39, 0.29) is 10.6 Å². The highest BCUT2D eigenvalue weighted by atomic mass is 16.6. The summed E-state index contributed by atoms with van der Waals surface area (Å²) in [6, 6.07) is 14.4. The number of nitrogens with one attached hydrogen (secondary N) is 1. The third-order valence-corrected chi connectivity index (χ3v) is 3.37. The molecule has 0 amide bonds. The van der Waals surface area contributed by atoms with Gasteiger partial charge in [0.1, 0.15) is 12.1 Å². The monoisotopic (exact) mass is 294 g/mol. The predicted molar refractivity (Wildman–Crippen MR) is 84.8 cm³/mol. The van der Waals surface area contributed by atoms with E-state index in [1.807, 2.05) is 30.3 Å². The van der Waals surface area contributed by atoms with E-state index >= 15 is 0 Å². The number of hydrogen-bond acceptors (Lipinski definition) is 5. The Hall–Kier alpha value is -3.02. The summed E-state index contributed by atoms with van der Waals surface area (Å²) in [5.41, 5.74) is 1.92. The fourth-order valence-electron chi connectivity index (χ4n) is 2.30. The number of benzene rings is 2. The molecule has 22 heavy (non-hydrogen) atoms. The van der Waals surface area contributed by atoms with Crippen LogP contribution in [0.15, 0.2) is 54.9 Å². The zero-order valence-corrected chi connectivity index (χ0v) is 11.8. The van der Waals surface area contributed by atoms with Gasteiger partial charge in [-0.25, -0.2) is 9.97 Å². The SMILES string of the molecule is O=[N+]([O-])c1cccc(CCNc2ncnc3ccccc23)c1.